The number of hydrogen-bond acceptors (Lipinski definition) is 6. The summed E-state index contributed by atoms with van der Waals surface area (Å²) in [6.45, 7) is 3.76. The molecule has 0 heterocycles. The lowest BCUT2D eigenvalue weighted by molar-refractivity contribution is -0.115. The van der Waals surface area contributed by atoms with Gasteiger partial charge in [-0.05, 0) is 86.2 Å². The van der Waals surface area contributed by atoms with Crippen LogP contribution in [0.25, 0.3) is 6.08 Å². The number of rotatable bonds is 11. The van der Waals surface area contributed by atoms with Gasteiger partial charge in [0.05, 0.1) is 27.5 Å². The number of anilines is 2. The number of carbonyl (C=O) groups excluding carboxylic acids is 4. The third-order valence-electron chi connectivity index (χ3n) is 6.25. The van der Waals surface area contributed by atoms with Crippen LogP contribution in [0.2, 0.25) is 10.0 Å². The topological polar surface area (TPSA) is 114 Å². The van der Waals surface area contributed by atoms with Gasteiger partial charge in [-0.2, -0.15) is 0 Å². The van der Waals surface area contributed by atoms with Gasteiger partial charge in [-0.3, -0.25) is 14.4 Å². The Balaban J connectivity index is 1.46. The number of nitrogens with one attached hydrogen (secondary N) is 3. The maximum atomic E-state index is 13.5. The molecular formula is C34H29Cl2N3O5S. The van der Waals surface area contributed by atoms with E-state index in [1.54, 1.807) is 105 Å². The van der Waals surface area contributed by atoms with E-state index in [-0.39, 0.29) is 23.2 Å². The maximum absolute atomic E-state index is 13.5. The largest absolute Gasteiger partial charge is 0.462 e. The summed E-state index contributed by atoms with van der Waals surface area (Å²) in [7, 11) is 0. The van der Waals surface area contributed by atoms with Crippen LogP contribution in [0.15, 0.2) is 108 Å². The van der Waals surface area contributed by atoms with Gasteiger partial charge in [0.1, 0.15) is 5.70 Å². The quantitative estimate of drug-likeness (QED) is 0.0862. The SMILES string of the molecule is CCOC(=O)c1ccc(NC(=O)C(C)Sc2cccc(NC(=O)/C(=C\c3cccc(Cl)c3Cl)NC(=O)c3ccccc3)c2)cc1. The van der Waals surface area contributed by atoms with Gasteiger partial charge >= 0.3 is 5.97 Å². The second-order valence-electron chi connectivity index (χ2n) is 9.55. The number of benzene rings is 4. The Morgan fingerprint density at radius 3 is 2.24 bits per heavy atom. The molecule has 230 valence electrons. The van der Waals surface area contributed by atoms with Crippen LogP contribution in [-0.2, 0) is 14.3 Å². The number of amides is 3. The van der Waals surface area contributed by atoms with Gasteiger partial charge in [0.25, 0.3) is 11.8 Å². The van der Waals surface area contributed by atoms with E-state index in [4.69, 9.17) is 27.9 Å². The first-order chi connectivity index (χ1) is 21.6. The van der Waals surface area contributed by atoms with Gasteiger partial charge in [0.2, 0.25) is 5.91 Å². The van der Waals surface area contributed by atoms with Crippen molar-refractivity contribution in [2.75, 3.05) is 17.2 Å². The molecule has 45 heavy (non-hydrogen) atoms. The van der Waals surface area contributed by atoms with Crippen LogP contribution in [0.3, 0.4) is 0 Å². The Morgan fingerprint density at radius 1 is 0.822 bits per heavy atom. The number of ether oxygens (including phenoxy) is 1. The fraction of sp³-hybridized carbons (Fsp3) is 0.118. The molecule has 0 fully saturated rings. The summed E-state index contributed by atoms with van der Waals surface area (Å²) in [5.74, 6) is -1.74. The van der Waals surface area contributed by atoms with Crippen LogP contribution in [0, 0.1) is 0 Å². The molecule has 3 amide bonds. The Bertz CT molecular complexity index is 1730. The lowest BCUT2D eigenvalue weighted by Crippen LogP contribution is -2.30. The van der Waals surface area contributed by atoms with E-state index in [1.807, 2.05) is 6.07 Å². The van der Waals surface area contributed by atoms with Crippen LogP contribution in [0.1, 0.15) is 40.1 Å². The summed E-state index contributed by atoms with van der Waals surface area (Å²) in [4.78, 5) is 51.9. The molecule has 0 aliphatic carbocycles. The molecule has 0 spiro atoms. The van der Waals surface area contributed by atoms with Crippen LogP contribution in [0.5, 0.6) is 0 Å². The van der Waals surface area contributed by atoms with Crippen molar-refractivity contribution in [1.29, 1.82) is 0 Å². The summed E-state index contributed by atoms with van der Waals surface area (Å²) in [5, 5.41) is 8.36. The van der Waals surface area contributed by atoms with Crippen molar-refractivity contribution in [3.05, 3.63) is 129 Å². The number of esters is 1. The van der Waals surface area contributed by atoms with E-state index < -0.39 is 23.0 Å². The van der Waals surface area contributed by atoms with E-state index in [2.05, 4.69) is 16.0 Å². The molecule has 1 unspecified atom stereocenters. The molecule has 4 rings (SSSR count). The van der Waals surface area contributed by atoms with E-state index in [9.17, 15) is 19.2 Å². The highest BCUT2D eigenvalue weighted by atomic mass is 35.5. The molecule has 4 aromatic carbocycles. The first kappa shape index (κ1) is 33.3. The van der Waals surface area contributed by atoms with Gasteiger partial charge in [-0.15, -0.1) is 11.8 Å². The Hall–Kier alpha value is -4.57. The average Bonchev–Trinajstić information content (AvgIpc) is 3.03. The maximum Gasteiger partial charge on any atom is 0.338 e. The van der Waals surface area contributed by atoms with Crippen LogP contribution >= 0.6 is 35.0 Å². The number of hydrogen-bond donors (Lipinski definition) is 3. The summed E-state index contributed by atoms with van der Waals surface area (Å²) in [5.41, 5.74) is 2.15. The van der Waals surface area contributed by atoms with Gasteiger partial charge < -0.3 is 20.7 Å². The predicted molar refractivity (Wildman–Crippen MR) is 180 cm³/mol. The first-order valence-corrected chi connectivity index (χ1v) is 15.5. The van der Waals surface area contributed by atoms with E-state index in [0.717, 1.165) is 4.90 Å². The molecular weight excluding hydrogens is 633 g/mol. The lowest BCUT2D eigenvalue weighted by atomic mass is 10.1. The second kappa shape index (κ2) is 15.9. The highest BCUT2D eigenvalue weighted by Gasteiger charge is 2.18. The fourth-order valence-electron chi connectivity index (χ4n) is 3.98. The molecule has 3 N–H and O–H groups in total. The highest BCUT2D eigenvalue weighted by molar-refractivity contribution is 8.00. The zero-order valence-electron chi connectivity index (χ0n) is 24.3. The summed E-state index contributed by atoms with van der Waals surface area (Å²) in [6.07, 6.45) is 1.45. The van der Waals surface area contributed by atoms with Crippen molar-refractivity contribution in [1.82, 2.24) is 5.32 Å². The van der Waals surface area contributed by atoms with Crippen LogP contribution in [0.4, 0.5) is 11.4 Å². The minimum Gasteiger partial charge on any atom is -0.462 e. The van der Waals surface area contributed by atoms with Crippen LogP contribution < -0.4 is 16.0 Å². The molecule has 0 radical (unpaired) electrons. The molecule has 0 saturated heterocycles. The van der Waals surface area contributed by atoms with Crippen LogP contribution in [-0.4, -0.2) is 35.5 Å². The fourth-order valence-corrected chi connectivity index (χ4v) is 5.27. The number of halogens is 2. The molecule has 1 atom stereocenters. The zero-order chi connectivity index (χ0) is 32.3. The van der Waals surface area contributed by atoms with Gasteiger partial charge in [-0.25, -0.2) is 4.79 Å². The standard InChI is InChI=1S/C34H29Cl2N3O5S/c1-3-44-34(43)23-15-17-25(18-16-23)37-31(40)21(2)45-27-13-8-12-26(20-27)38-33(42)29(19-24-11-7-14-28(35)30(24)36)39-32(41)22-9-5-4-6-10-22/h4-21H,3H2,1-2H3,(H,37,40)(H,38,42)(H,39,41)/b29-19+. The minimum atomic E-state index is -0.588. The van der Waals surface area contributed by atoms with Crippen molar-refractivity contribution in [3.8, 4) is 0 Å². The normalized spacial score (nSPS) is 11.7. The molecule has 11 heteroatoms. The Morgan fingerprint density at radius 2 is 1.53 bits per heavy atom. The molecule has 0 saturated carbocycles. The van der Waals surface area contributed by atoms with Crippen molar-refractivity contribution < 1.29 is 23.9 Å². The molecule has 0 aromatic heterocycles. The Kier molecular flexibility index (Phi) is 11.8. The second-order valence-corrected chi connectivity index (χ2v) is 11.7. The van der Waals surface area contributed by atoms with Gasteiger partial charge in [0.15, 0.2) is 0 Å². The Labute approximate surface area is 275 Å². The smallest absolute Gasteiger partial charge is 0.338 e. The van der Waals surface area contributed by atoms with Gasteiger partial charge in [-0.1, -0.05) is 59.6 Å². The van der Waals surface area contributed by atoms with Crippen molar-refractivity contribution in [3.63, 3.8) is 0 Å². The summed E-state index contributed by atoms with van der Waals surface area (Å²) in [6, 6.07) is 26.9. The van der Waals surface area contributed by atoms with Crippen molar-refractivity contribution in [2.45, 2.75) is 24.0 Å². The number of thioether (sulfide) groups is 1. The number of carbonyl (C=O) groups is 4. The van der Waals surface area contributed by atoms with E-state index in [0.29, 0.717) is 33.1 Å². The molecule has 0 aliphatic heterocycles. The van der Waals surface area contributed by atoms with Gasteiger partial charge in [0, 0.05) is 21.8 Å². The first-order valence-electron chi connectivity index (χ1n) is 13.8. The summed E-state index contributed by atoms with van der Waals surface area (Å²) < 4.78 is 4.98. The third-order valence-corrected chi connectivity index (χ3v) is 8.17. The van der Waals surface area contributed by atoms with Crippen molar-refractivity contribution >= 4 is 76.1 Å². The summed E-state index contributed by atoms with van der Waals surface area (Å²) >= 11 is 13.8. The van der Waals surface area contributed by atoms with E-state index in [1.165, 1.54) is 17.8 Å². The minimum absolute atomic E-state index is 0.0483. The average molecular weight is 663 g/mol. The predicted octanol–water partition coefficient (Wildman–Crippen LogP) is 7.70. The third kappa shape index (κ3) is 9.46. The molecule has 0 bridgehead atoms. The molecule has 0 aliphatic rings. The zero-order valence-corrected chi connectivity index (χ0v) is 26.6. The highest BCUT2D eigenvalue weighted by Crippen LogP contribution is 2.29. The molecule has 8 nitrogen and oxygen atoms in total. The van der Waals surface area contributed by atoms with Crippen molar-refractivity contribution in [2.24, 2.45) is 0 Å². The molecule has 4 aromatic rings. The van der Waals surface area contributed by atoms with E-state index >= 15 is 0 Å². The monoisotopic (exact) mass is 661 g/mol. The lowest BCUT2D eigenvalue weighted by Gasteiger charge is -2.14.